The van der Waals surface area contributed by atoms with Gasteiger partial charge in [-0.3, -0.25) is 9.89 Å². The Kier molecular flexibility index (Phi) is 3.89. The second-order valence-electron chi connectivity index (χ2n) is 4.21. The lowest BCUT2D eigenvalue weighted by atomic mass is 10.1. The van der Waals surface area contributed by atoms with Gasteiger partial charge in [0.2, 0.25) is 5.91 Å². The van der Waals surface area contributed by atoms with Crippen LogP contribution in [0.15, 0.2) is 30.6 Å². The van der Waals surface area contributed by atoms with E-state index in [1.54, 1.807) is 19.3 Å². The fourth-order valence-corrected chi connectivity index (χ4v) is 1.73. The van der Waals surface area contributed by atoms with Crippen molar-refractivity contribution >= 4 is 5.91 Å². The summed E-state index contributed by atoms with van der Waals surface area (Å²) in [6.45, 7) is 1.78. The number of aromatic nitrogens is 2. The van der Waals surface area contributed by atoms with Crippen molar-refractivity contribution in [3.8, 4) is 0 Å². The number of amides is 1. The van der Waals surface area contributed by atoms with E-state index in [9.17, 15) is 13.6 Å². The molecule has 0 bridgehead atoms. The zero-order valence-electron chi connectivity index (χ0n) is 10.3. The number of halogens is 2. The summed E-state index contributed by atoms with van der Waals surface area (Å²) in [5, 5.41) is 9.10. The van der Waals surface area contributed by atoms with Gasteiger partial charge in [0.1, 0.15) is 0 Å². The van der Waals surface area contributed by atoms with Gasteiger partial charge in [-0.2, -0.15) is 5.10 Å². The van der Waals surface area contributed by atoms with Crippen molar-refractivity contribution in [1.82, 2.24) is 15.5 Å². The van der Waals surface area contributed by atoms with E-state index in [1.807, 2.05) is 0 Å². The first-order valence-electron chi connectivity index (χ1n) is 5.79. The number of carbonyl (C=O) groups excluding carboxylic acids is 1. The van der Waals surface area contributed by atoms with E-state index in [0.717, 1.165) is 11.6 Å². The molecule has 0 aliphatic rings. The van der Waals surface area contributed by atoms with Gasteiger partial charge in [-0.1, -0.05) is 12.1 Å². The molecule has 1 aromatic carbocycles. The Bertz CT molecular complexity index is 569. The van der Waals surface area contributed by atoms with Crippen LogP contribution in [-0.2, 0) is 11.2 Å². The smallest absolute Gasteiger partial charge is 0.225 e. The monoisotopic (exact) mass is 265 g/mol. The van der Waals surface area contributed by atoms with Crippen molar-refractivity contribution in [3.63, 3.8) is 0 Å². The second kappa shape index (κ2) is 5.60. The van der Waals surface area contributed by atoms with Crippen molar-refractivity contribution in [3.05, 3.63) is 53.4 Å². The molecule has 1 atom stereocenters. The van der Waals surface area contributed by atoms with Gasteiger partial charge in [-0.05, 0) is 13.0 Å². The third kappa shape index (κ3) is 3.15. The van der Waals surface area contributed by atoms with Crippen LogP contribution in [0.4, 0.5) is 8.78 Å². The molecule has 4 nitrogen and oxygen atoms in total. The van der Waals surface area contributed by atoms with Gasteiger partial charge in [0.25, 0.3) is 0 Å². The molecular weight excluding hydrogens is 252 g/mol. The summed E-state index contributed by atoms with van der Waals surface area (Å²) >= 11 is 0. The Labute approximate surface area is 108 Å². The topological polar surface area (TPSA) is 57.8 Å². The van der Waals surface area contributed by atoms with E-state index in [-0.39, 0.29) is 23.9 Å². The predicted molar refractivity (Wildman–Crippen MR) is 65.2 cm³/mol. The number of nitrogens with zero attached hydrogens (tertiary/aromatic N) is 1. The summed E-state index contributed by atoms with van der Waals surface area (Å²) in [5.41, 5.74) is 0.852. The van der Waals surface area contributed by atoms with Crippen LogP contribution in [0, 0.1) is 11.6 Å². The fraction of sp³-hybridized carbons (Fsp3) is 0.231. The molecular formula is C13H13F2N3O. The molecule has 2 rings (SSSR count). The largest absolute Gasteiger partial charge is 0.349 e. The molecule has 1 amide bonds. The maximum absolute atomic E-state index is 13.4. The van der Waals surface area contributed by atoms with E-state index in [2.05, 4.69) is 15.5 Å². The number of benzene rings is 1. The quantitative estimate of drug-likeness (QED) is 0.889. The summed E-state index contributed by atoms with van der Waals surface area (Å²) in [4.78, 5) is 11.8. The first-order chi connectivity index (χ1) is 9.08. The average Bonchev–Trinajstić information content (AvgIpc) is 2.88. The van der Waals surface area contributed by atoms with E-state index in [0.29, 0.717) is 0 Å². The number of nitrogens with one attached hydrogen (secondary N) is 2. The van der Waals surface area contributed by atoms with Crippen LogP contribution in [0.25, 0.3) is 0 Å². The molecule has 0 fully saturated rings. The van der Waals surface area contributed by atoms with Crippen molar-refractivity contribution in [2.45, 2.75) is 19.4 Å². The SMILES string of the molecule is CC(NC(=O)Cc1cccc(F)c1F)c1cn[nH]c1. The third-order valence-electron chi connectivity index (χ3n) is 2.78. The van der Waals surface area contributed by atoms with E-state index >= 15 is 0 Å². The van der Waals surface area contributed by atoms with E-state index < -0.39 is 11.6 Å². The van der Waals surface area contributed by atoms with Gasteiger partial charge >= 0.3 is 0 Å². The number of H-pyrrole nitrogens is 1. The standard InChI is InChI=1S/C13H13F2N3O/c1-8(10-6-16-17-7-10)18-12(19)5-9-3-2-4-11(14)13(9)15/h2-4,6-8H,5H2,1H3,(H,16,17)(H,18,19). The Morgan fingerprint density at radius 3 is 2.95 bits per heavy atom. The van der Waals surface area contributed by atoms with Gasteiger partial charge in [-0.25, -0.2) is 8.78 Å². The summed E-state index contributed by atoms with van der Waals surface area (Å²) in [6, 6.07) is 3.54. The fourth-order valence-electron chi connectivity index (χ4n) is 1.73. The molecule has 0 saturated heterocycles. The van der Waals surface area contributed by atoms with Crippen LogP contribution in [-0.4, -0.2) is 16.1 Å². The van der Waals surface area contributed by atoms with Gasteiger partial charge < -0.3 is 5.32 Å². The maximum atomic E-state index is 13.4. The minimum absolute atomic E-state index is 0.0388. The zero-order chi connectivity index (χ0) is 13.8. The molecule has 1 heterocycles. The Balaban J connectivity index is 2.00. The molecule has 19 heavy (non-hydrogen) atoms. The first kappa shape index (κ1) is 13.2. The molecule has 0 aliphatic heterocycles. The number of hydrogen-bond donors (Lipinski definition) is 2. The molecule has 2 N–H and O–H groups in total. The van der Waals surface area contributed by atoms with Crippen LogP contribution >= 0.6 is 0 Å². The van der Waals surface area contributed by atoms with Gasteiger partial charge in [-0.15, -0.1) is 0 Å². The van der Waals surface area contributed by atoms with E-state index in [1.165, 1.54) is 12.1 Å². The lowest BCUT2D eigenvalue weighted by Crippen LogP contribution is -2.28. The summed E-state index contributed by atoms with van der Waals surface area (Å²) in [5.74, 6) is -2.31. The van der Waals surface area contributed by atoms with E-state index in [4.69, 9.17) is 0 Å². The van der Waals surface area contributed by atoms with Gasteiger partial charge in [0, 0.05) is 17.3 Å². The Morgan fingerprint density at radius 2 is 2.26 bits per heavy atom. The first-order valence-corrected chi connectivity index (χ1v) is 5.79. The molecule has 0 radical (unpaired) electrons. The molecule has 0 saturated carbocycles. The highest BCUT2D eigenvalue weighted by atomic mass is 19.2. The van der Waals surface area contributed by atoms with Gasteiger partial charge in [0.05, 0.1) is 18.7 Å². The van der Waals surface area contributed by atoms with Crippen molar-refractivity contribution in [2.75, 3.05) is 0 Å². The highest BCUT2D eigenvalue weighted by Crippen LogP contribution is 2.13. The van der Waals surface area contributed by atoms with Crippen LogP contribution in [0.1, 0.15) is 24.1 Å². The Morgan fingerprint density at radius 1 is 1.47 bits per heavy atom. The summed E-state index contributed by atoms with van der Waals surface area (Å²) in [7, 11) is 0. The highest BCUT2D eigenvalue weighted by Gasteiger charge is 2.14. The molecule has 0 spiro atoms. The van der Waals surface area contributed by atoms with Crippen molar-refractivity contribution in [1.29, 1.82) is 0 Å². The molecule has 6 heteroatoms. The highest BCUT2D eigenvalue weighted by molar-refractivity contribution is 5.79. The molecule has 1 unspecified atom stereocenters. The summed E-state index contributed by atoms with van der Waals surface area (Å²) in [6.07, 6.45) is 3.05. The number of carbonyl (C=O) groups is 1. The Hall–Kier alpha value is -2.24. The van der Waals surface area contributed by atoms with Crippen LogP contribution in [0.5, 0.6) is 0 Å². The number of aromatic amines is 1. The third-order valence-corrected chi connectivity index (χ3v) is 2.78. The normalized spacial score (nSPS) is 12.2. The van der Waals surface area contributed by atoms with Crippen molar-refractivity contribution in [2.24, 2.45) is 0 Å². The van der Waals surface area contributed by atoms with Crippen LogP contribution in [0.3, 0.4) is 0 Å². The number of hydrogen-bond acceptors (Lipinski definition) is 2. The summed E-state index contributed by atoms with van der Waals surface area (Å²) < 4.78 is 26.4. The van der Waals surface area contributed by atoms with Crippen LogP contribution in [0.2, 0.25) is 0 Å². The molecule has 2 aromatic rings. The van der Waals surface area contributed by atoms with Crippen LogP contribution < -0.4 is 5.32 Å². The molecule has 1 aromatic heterocycles. The minimum Gasteiger partial charge on any atom is -0.349 e. The van der Waals surface area contributed by atoms with Crippen molar-refractivity contribution < 1.29 is 13.6 Å². The lowest BCUT2D eigenvalue weighted by Gasteiger charge is -2.12. The lowest BCUT2D eigenvalue weighted by molar-refractivity contribution is -0.121. The minimum atomic E-state index is -0.978. The average molecular weight is 265 g/mol. The predicted octanol–water partition coefficient (Wildman–Crippen LogP) is 2.11. The molecule has 100 valence electrons. The number of rotatable bonds is 4. The van der Waals surface area contributed by atoms with Gasteiger partial charge in [0.15, 0.2) is 11.6 Å². The second-order valence-corrected chi connectivity index (χ2v) is 4.21. The zero-order valence-corrected chi connectivity index (χ0v) is 10.3. The molecule has 0 aliphatic carbocycles. The maximum Gasteiger partial charge on any atom is 0.225 e.